The first-order chi connectivity index (χ1) is 8.30. The van der Waals surface area contributed by atoms with Gasteiger partial charge in [-0.2, -0.15) is 0 Å². The number of hydrogen-bond acceptors (Lipinski definition) is 3. The summed E-state index contributed by atoms with van der Waals surface area (Å²) in [5.74, 6) is 0.715. The fourth-order valence-corrected chi connectivity index (χ4v) is 4.18. The van der Waals surface area contributed by atoms with Gasteiger partial charge in [0.15, 0.2) is 0 Å². The van der Waals surface area contributed by atoms with Crippen molar-refractivity contribution >= 4 is 11.3 Å². The van der Waals surface area contributed by atoms with Crippen LogP contribution in [0.2, 0.25) is 0 Å². The minimum atomic E-state index is 0.459. The smallest absolute Gasteiger partial charge is 0.110 e. The first-order valence-corrected chi connectivity index (χ1v) is 7.77. The predicted molar refractivity (Wildman–Crippen MR) is 74.6 cm³/mol. The lowest BCUT2D eigenvalue weighted by Gasteiger charge is -2.22. The number of rotatable bonds is 5. The van der Waals surface area contributed by atoms with E-state index in [4.69, 9.17) is 4.98 Å². The molecule has 3 heteroatoms. The van der Waals surface area contributed by atoms with Crippen LogP contribution in [0.4, 0.5) is 0 Å². The molecule has 0 aromatic carbocycles. The van der Waals surface area contributed by atoms with E-state index < -0.39 is 0 Å². The molecular weight excluding hydrogens is 228 g/mol. The molecule has 1 aromatic heterocycles. The quantitative estimate of drug-likeness (QED) is 0.864. The molecule has 2 rings (SSSR count). The highest BCUT2D eigenvalue weighted by Gasteiger charge is 2.24. The van der Waals surface area contributed by atoms with Crippen molar-refractivity contribution in [3.05, 3.63) is 15.6 Å². The van der Waals surface area contributed by atoms with Gasteiger partial charge >= 0.3 is 0 Å². The van der Waals surface area contributed by atoms with Crippen LogP contribution < -0.4 is 5.32 Å². The topological polar surface area (TPSA) is 24.9 Å². The molecule has 0 saturated heterocycles. The Balaban J connectivity index is 2.21. The van der Waals surface area contributed by atoms with E-state index in [0.29, 0.717) is 12.0 Å². The largest absolute Gasteiger partial charge is 0.311 e. The summed E-state index contributed by atoms with van der Waals surface area (Å²) in [5.41, 5.74) is 1.39. The minimum Gasteiger partial charge on any atom is -0.311 e. The van der Waals surface area contributed by atoms with Gasteiger partial charge in [-0.15, -0.1) is 11.3 Å². The molecule has 1 atom stereocenters. The summed E-state index contributed by atoms with van der Waals surface area (Å²) in [5, 5.41) is 4.80. The zero-order valence-corrected chi connectivity index (χ0v) is 12.1. The highest BCUT2D eigenvalue weighted by Crippen LogP contribution is 2.34. The van der Waals surface area contributed by atoms with Gasteiger partial charge in [0.2, 0.25) is 0 Å². The molecule has 1 N–H and O–H groups in total. The van der Waals surface area contributed by atoms with Crippen molar-refractivity contribution in [2.45, 2.75) is 58.4 Å². The zero-order chi connectivity index (χ0) is 12.3. The Morgan fingerprint density at radius 2 is 1.94 bits per heavy atom. The third-order valence-electron chi connectivity index (χ3n) is 3.96. The van der Waals surface area contributed by atoms with Crippen LogP contribution in [0.1, 0.15) is 61.2 Å². The summed E-state index contributed by atoms with van der Waals surface area (Å²) < 4.78 is 0. The van der Waals surface area contributed by atoms with Crippen LogP contribution in [-0.2, 0) is 12.8 Å². The standard InChI is InChI=1S/C14H24N2S/c1-4-10(5-2)13(15-3)14-16-11-8-6-7-9-12(11)17-14/h10,13,15H,4-9H2,1-3H3. The van der Waals surface area contributed by atoms with E-state index in [2.05, 4.69) is 26.2 Å². The van der Waals surface area contributed by atoms with Crippen LogP contribution in [0, 0.1) is 5.92 Å². The molecule has 0 saturated carbocycles. The van der Waals surface area contributed by atoms with Gasteiger partial charge in [0.05, 0.1) is 11.7 Å². The fourth-order valence-electron chi connectivity index (χ4n) is 2.83. The van der Waals surface area contributed by atoms with Crippen LogP contribution in [0.25, 0.3) is 0 Å². The molecule has 0 radical (unpaired) electrons. The molecule has 0 amide bonds. The van der Waals surface area contributed by atoms with Gasteiger partial charge in [0.1, 0.15) is 5.01 Å². The molecular formula is C14H24N2S. The van der Waals surface area contributed by atoms with Gasteiger partial charge in [-0.25, -0.2) is 4.98 Å². The van der Waals surface area contributed by atoms with Crippen molar-refractivity contribution in [1.29, 1.82) is 0 Å². The summed E-state index contributed by atoms with van der Waals surface area (Å²) in [7, 11) is 2.07. The monoisotopic (exact) mass is 252 g/mol. The number of nitrogens with one attached hydrogen (secondary N) is 1. The number of nitrogens with zero attached hydrogens (tertiary/aromatic N) is 1. The molecule has 1 heterocycles. The molecule has 1 aliphatic carbocycles. The van der Waals surface area contributed by atoms with E-state index in [1.165, 1.54) is 49.2 Å². The SMILES string of the molecule is CCC(CC)C(NC)c1nc2c(s1)CCCC2. The molecule has 96 valence electrons. The highest BCUT2D eigenvalue weighted by atomic mass is 32.1. The van der Waals surface area contributed by atoms with Crippen LogP contribution in [-0.4, -0.2) is 12.0 Å². The Morgan fingerprint density at radius 3 is 2.53 bits per heavy atom. The van der Waals surface area contributed by atoms with Crippen molar-refractivity contribution in [3.63, 3.8) is 0 Å². The Labute approximate surface area is 109 Å². The average molecular weight is 252 g/mol. The van der Waals surface area contributed by atoms with E-state index in [1.807, 2.05) is 11.3 Å². The minimum absolute atomic E-state index is 0.459. The first-order valence-electron chi connectivity index (χ1n) is 6.95. The first kappa shape index (κ1) is 13.0. The Bertz CT molecular complexity index is 332. The maximum atomic E-state index is 4.89. The Kier molecular flexibility index (Phi) is 4.57. The number of hydrogen-bond donors (Lipinski definition) is 1. The Hall–Kier alpha value is -0.410. The maximum Gasteiger partial charge on any atom is 0.110 e. The number of fused-ring (bicyclic) bond motifs is 1. The van der Waals surface area contributed by atoms with Crippen molar-refractivity contribution in [3.8, 4) is 0 Å². The normalized spacial score (nSPS) is 17.2. The zero-order valence-electron chi connectivity index (χ0n) is 11.3. The van der Waals surface area contributed by atoms with Crippen LogP contribution in [0.3, 0.4) is 0 Å². The van der Waals surface area contributed by atoms with E-state index >= 15 is 0 Å². The second kappa shape index (κ2) is 5.96. The van der Waals surface area contributed by atoms with Crippen LogP contribution >= 0.6 is 11.3 Å². The lowest BCUT2D eigenvalue weighted by molar-refractivity contribution is 0.358. The summed E-state index contributed by atoms with van der Waals surface area (Å²) >= 11 is 1.95. The molecule has 0 spiro atoms. The fraction of sp³-hybridized carbons (Fsp3) is 0.786. The molecule has 1 aliphatic rings. The van der Waals surface area contributed by atoms with Gasteiger partial charge in [-0.05, 0) is 38.6 Å². The third kappa shape index (κ3) is 2.71. The predicted octanol–water partition coefficient (Wildman–Crippen LogP) is 3.72. The summed E-state index contributed by atoms with van der Waals surface area (Å²) in [6.45, 7) is 4.57. The molecule has 0 bridgehead atoms. The van der Waals surface area contributed by atoms with E-state index in [9.17, 15) is 0 Å². The summed E-state index contributed by atoms with van der Waals surface area (Å²) in [6.07, 6.45) is 7.59. The van der Waals surface area contributed by atoms with Crippen LogP contribution in [0.5, 0.6) is 0 Å². The Morgan fingerprint density at radius 1 is 1.24 bits per heavy atom. The van der Waals surface area contributed by atoms with Gasteiger partial charge in [-0.3, -0.25) is 0 Å². The second-order valence-corrected chi connectivity index (χ2v) is 6.09. The number of thiazole rings is 1. The van der Waals surface area contributed by atoms with Gasteiger partial charge in [-0.1, -0.05) is 26.7 Å². The molecule has 0 fully saturated rings. The molecule has 17 heavy (non-hydrogen) atoms. The highest BCUT2D eigenvalue weighted by molar-refractivity contribution is 7.11. The number of aryl methyl sites for hydroxylation is 2. The van der Waals surface area contributed by atoms with Gasteiger partial charge < -0.3 is 5.32 Å². The van der Waals surface area contributed by atoms with E-state index in [-0.39, 0.29) is 0 Å². The van der Waals surface area contributed by atoms with E-state index in [0.717, 1.165) is 0 Å². The maximum absolute atomic E-state index is 4.89. The lowest BCUT2D eigenvalue weighted by Crippen LogP contribution is -2.24. The summed E-state index contributed by atoms with van der Waals surface area (Å²) in [6, 6.07) is 0.459. The third-order valence-corrected chi connectivity index (χ3v) is 5.20. The van der Waals surface area contributed by atoms with Crippen molar-refractivity contribution in [2.75, 3.05) is 7.05 Å². The lowest BCUT2D eigenvalue weighted by atomic mass is 9.94. The average Bonchev–Trinajstić information content (AvgIpc) is 2.78. The molecule has 1 unspecified atom stereocenters. The van der Waals surface area contributed by atoms with Crippen molar-refractivity contribution in [1.82, 2.24) is 10.3 Å². The number of aromatic nitrogens is 1. The molecule has 2 nitrogen and oxygen atoms in total. The van der Waals surface area contributed by atoms with Gasteiger partial charge in [0.25, 0.3) is 0 Å². The van der Waals surface area contributed by atoms with E-state index in [1.54, 1.807) is 4.88 Å². The summed E-state index contributed by atoms with van der Waals surface area (Å²) in [4.78, 5) is 6.45. The molecule has 0 aliphatic heterocycles. The van der Waals surface area contributed by atoms with Gasteiger partial charge in [0, 0.05) is 4.88 Å². The van der Waals surface area contributed by atoms with Crippen LogP contribution in [0.15, 0.2) is 0 Å². The van der Waals surface area contributed by atoms with Crippen molar-refractivity contribution < 1.29 is 0 Å². The van der Waals surface area contributed by atoms with Crippen molar-refractivity contribution in [2.24, 2.45) is 5.92 Å². The molecule has 1 aromatic rings. The second-order valence-electron chi connectivity index (χ2n) is 4.97.